The first-order valence-corrected chi connectivity index (χ1v) is 8.30. The van der Waals surface area contributed by atoms with E-state index in [-0.39, 0.29) is 12.2 Å². The summed E-state index contributed by atoms with van der Waals surface area (Å²) in [4.78, 5) is 23.7. The van der Waals surface area contributed by atoms with Gasteiger partial charge in [-0.15, -0.1) is 0 Å². The first-order valence-electron chi connectivity index (χ1n) is 7.92. The molecule has 0 aliphatic heterocycles. The number of esters is 1. The Morgan fingerprint density at radius 1 is 1.26 bits per heavy atom. The third-order valence-electron chi connectivity index (χ3n) is 3.59. The van der Waals surface area contributed by atoms with E-state index in [9.17, 15) is 14.9 Å². The summed E-state index contributed by atoms with van der Waals surface area (Å²) in [5, 5.41) is 12.5. The van der Waals surface area contributed by atoms with Gasteiger partial charge in [0.05, 0.1) is 7.11 Å². The summed E-state index contributed by atoms with van der Waals surface area (Å²) >= 11 is 6.05. The quantitative estimate of drug-likeness (QED) is 0.465. The van der Waals surface area contributed by atoms with E-state index >= 15 is 0 Å². The summed E-state index contributed by atoms with van der Waals surface area (Å²) in [6, 6.07) is 13.7. The number of nitriles is 1. The van der Waals surface area contributed by atoms with Crippen LogP contribution in [-0.2, 0) is 14.3 Å². The lowest BCUT2D eigenvalue weighted by atomic mass is 10.1. The number of anilines is 1. The second-order valence-corrected chi connectivity index (χ2v) is 5.90. The van der Waals surface area contributed by atoms with E-state index < -0.39 is 11.9 Å². The molecule has 0 aliphatic carbocycles. The molecule has 2 aromatic rings. The summed E-state index contributed by atoms with van der Waals surface area (Å²) in [5.41, 5.74) is 1.71. The van der Waals surface area contributed by atoms with Gasteiger partial charge < -0.3 is 14.8 Å². The molecule has 7 heteroatoms. The number of benzene rings is 2. The molecule has 0 spiro atoms. The highest BCUT2D eigenvalue weighted by Crippen LogP contribution is 2.23. The lowest BCUT2D eigenvalue weighted by molar-refractivity contribution is -0.142. The Kier molecular flexibility index (Phi) is 6.98. The minimum absolute atomic E-state index is 0.124. The molecular formula is C20H17ClN2O4. The van der Waals surface area contributed by atoms with Crippen molar-refractivity contribution < 1.29 is 19.1 Å². The van der Waals surface area contributed by atoms with Crippen LogP contribution < -0.4 is 10.1 Å². The molecule has 1 N–H and O–H groups in total. The molecule has 0 unspecified atom stereocenters. The summed E-state index contributed by atoms with van der Waals surface area (Å²) in [6.07, 6.45) is 1.39. The predicted molar refractivity (Wildman–Crippen MR) is 102 cm³/mol. The number of aryl methyl sites for hydroxylation is 1. The van der Waals surface area contributed by atoms with Crippen LogP contribution in [-0.4, -0.2) is 25.6 Å². The van der Waals surface area contributed by atoms with Crippen LogP contribution in [0.2, 0.25) is 5.02 Å². The van der Waals surface area contributed by atoms with Crippen molar-refractivity contribution in [3.63, 3.8) is 0 Å². The second-order valence-electron chi connectivity index (χ2n) is 5.49. The van der Waals surface area contributed by atoms with Gasteiger partial charge in [0.1, 0.15) is 17.4 Å². The van der Waals surface area contributed by atoms with Gasteiger partial charge in [0, 0.05) is 16.3 Å². The number of halogens is 1. The highest BCUT2D eigenvalue weighted by molar-refractivity contribution is 6.31. The van der Waals surface area contributed by atoms with E-state index in [1.165, 1.54) is 13.2 Å². The molecule has 0 radical (unpaired) electrons. The predicted octanol–water partition coefficient (Wildman–Crippen LogP) is 3.75. The Hall–Kier alpha value is -3.30. The molecule has 6 nitrogen and oxygen atoms in total. The van der Waals surface area contributed by atoms with E-state index in [4.69, 9.17) is 16.3 Å². The van der Waals surface area contributed by atoms with Crippen molar-refractivity contribution >= 4 is 35.2 Å². The maximum Gasteiger partial charge on any atom is 0.343 e. The molecule has 2 rings (SSSR count). The average molecular weight is 385 g/mol. The highest BCUT2D eigenvalue weighted by atomic mass is 35.5. The van der Waals surface area contributed by atoms with Crippen LogP contribution in [0.1, 0.15) is 11.1 Å². The molecule has 0 atom stereocenters. The highest BCUT2D eigenvalue weighted by Gasteiger charge is 2.12. The normalized spacial score (nSPS) is 10.7. The Labute approximate surface area is 162 Å². The number of hydrogen-bond donors (Lipinski definition) is 1. The number of hydrogen-bond acceptors (Lipinski definition) is 5. The zero-order chi connectivity index (χ0) is 19.8. The van der Waals surface area contributed by atoms with Crippen LogP contribution >= 0.6 is 11.6 Å². The van der Waals surface area contributed by atoms with E-state index in [1.807, 2.05) is 13.0 Å². The smallest absolute Gasteiger partial charge is 0.343 e. The number of amides is 1. The van der Waals surface area contributed by atoms with Crippen LogP contribution in [0.5, 0.6) is 5.75 Å². The van der Waals surface area contributed by atoms with Gasteiger partial charge in [0.15, 0.2) is 6.61 Å². The van der Waals surface area contributed by atoms with Crippen LogP contribution in [0.25, 0.3) is 6.08 Å². The van der Waals surface area contributed by atoms with Gasteiger partial charge >= 0.3 is 5.97 Å². The minimum Gasteiger partial charge on any atom is -0.481 e. The van der Waals surface area contributed by atoms with Crippen molar-refractivity contribution in [1.29, 1.82) is 5.26 Å². The number of rotatable bonds is 6. The molecule has 2 aromatic carbocycles. The molecule has 27 heavy (non-hydrogen) atoms. The largest absolute Gasteiger partial charge is 0.481 e. The third-order valence-corrected chi connectivity index (χ3v) is 3.99. The maximum atomic E-state index is 12.4. The molecular weight excluding hydrogens is 368 g/mol. The van der Waals surface area contributed by atoms with E-state index in [0.717, 1.165) is 5.56 Å². The number of nitrogens with zero attached hydrogens (tertiary/aromatic N) is 1. The van der Waals surface area contributed by atoms with Crippen molar-refractivity contribution in [2.75, 3.05) is 19.0 Å². The first kappa shape index (κ1) is 20.0. The van der Waals surface area contributed by atoms with Gasteiger partial charge in [-0.3, -0.25) is 4.79 Å². The lowest BCUT2D eigenvalue weighted by Gasteiger charge is -2.09. The van der Waals surface area contributed by atoms with Gasteiger partial charge in [-0.05, 0) is 36.8 Å². The van der Waals surface area contributed by atoms with Crippen LogP contribution in [0.4, 0.5) is 5.69 Å². The number of ether oxygens (including phenoxy) is 2. The van der Waals surface area contributed by atoms with Crippen LogP contribution in [0.15, 0.2) is 48.0 Å². The Balaban J connectivity index is 2.22. The van der Waals surface area contributed by atoms with Crippen molar-refractivity contribution in [3.8, 4) is 11.8 Å². The van der Waals surface area contributed by atoms with Crippen molar-refractivity contribution in [2.24, 2.45) is 0 Å². The number of carbonyl (C=O) groups excluding carboxylic acids is 2. The molecule has 0 aromatic heterocycles. The molecule has 138 valence electrons. The van der Waals surface area contributed by atoms with Gasteiger partial charge in [-0.1, -0.05) is 35.9 Å². The summed E-state index contributed by atoms with van der Waals surface area (Å²) in [7, 11) is 1.26. The molecule has 0 bridgehead atoms. The van der Waals surface area contributed by atoms with Gasteiger partial charge in [-0.2, -0.15) is 5.26 Å². The zero-order valence-electron chi connectivity index (χ0n) is 14.8. The molecule has 1 amide bonds. The number of carbonyl (C=O) groups is 2. The molecule has 0 heterocycles. The summed E-state index contributed by atoms with van der Waals surface area (Å²) < 4.78 is 9.91. The fourth-order valence-corrected chi connectivity index (χ4v) is 2.28. The van der Waals surface area contributed by atoms with E-state index in [1.54, 1.807) is 42.5 Å². The van der Waals surface area contributed by atoms with Gasteiger partial charge in [0.25, 0.3) is 5.91 Å². The van der Waals surface area contributed by atoms with E-state index in [0.29, 0.717) is 22.0 Å². The summed E-state index contributed by atoms with van der Waals surface area (Å²) in [6.45, 7) is 1.57. The monoisotopic (exact) mass is 384 g/mol. The fourth-order valence-electron chi connectivity index (χ4n) is 2.10. The topological polar surface area (TPSA) is 88.4 Å². The fraction of sp³-hybridized carbons (Fsp3) is 0.150. The van der Waals surface area contributed by atoms with Crippen molar-refractivity contribution in [3.05, 3.63) is 64.2 Å². The maximum absolute atomic E-state index is 12.4. The first-order chi connectivity index (χ1) is 12.9. The number of para-hydroxylation sites is 1. The molecule has 0 fully saturated rings. The van der Waals surface area contributed by atoms with Crippen LogP contribution in [0.3, 0.4) is 0 Å². The Morgan fingerprint density at radius 3 is 2.67 bits per heavy atom. The number of methoxy groups -OCH3 is 1. The number of nitrogens with one attached hydrogen (secondary N) is 1. The van der Waals surface area contributed by atoms with Crippen molar-refractivity contribution in [1.82, 2.24) is 0 Å². The second kappa shape index (κ2) is 9.41. The standard InChI is InChI=1S/C20H17ClN2O4/c1-13-7-8-16(10-17(13)21)23-20(25)15(11-22)9-14-5-3-4-6-18(14)27-12-19(24)26-2/h3-10H,12H2,1-2H3,(H,23,25)/b15-9-. The van der Waals surface area contributed by atoms with Gasteiger partial charge in [0.2, 0.25) is 0 Å². The third kappa shape index (κ3) is 5.59. The molecule has 0 saturated carbocycles. The van der Waals surface area contributed by atoms with Gasteiger partial charge in [-0.25, -0.2) is 4.79 Å². The van der Waals surface area contributed by atoms with Crippen molar-refractivity contribution in [2.45, 2.75) is 6.92 Å². The average Bonchev–Trinajstić information content (AvgIpc) is 2.67. The Morgan fingerprint density at radius 2 is 2.00 bits per heavy atom. The lowest BCUT2D eigenvalue weighted by Crippen LogP contribution is -2.14. The summed E-state index contributed by atoms with van der Waals surface area (Å²) in [5.74, 6) is -0.773. The zero-order valence-corrected chi connectivity index (χ0v) is 15.5. The van der Waals surface area contributed by atoms with E-state index in [2.05, 4.69) is 10.1 Å². The minimum atomic E-state index is -0.583. The Bertz CT molecular complexity index is 932. The SMILES string of the molecule is COC(=O)COc1ccccc1/C=C(/C#N)C(=O)Nc1ccc(C)c(Cl)c1. The molecule has 0 saturated heterocycles. The van der Waals surface area contributed by atoms with Crippen LogP contribution in [0, 0.1) is 18.3 Å². The molecule has 0 aliphatic rings.